The second-order valence-corrected chi connectivity index (χ2v) is 3.26. The third-order valence-corrected chi connectivity index (χ3v) is 1.77. The molecule has 0 aromatic carbocycles. The fourth-order valence-electron chi connectivity index (χ4n) is 0.796. The maximum Gasteiger partial charge on any atom is 0.217 e. The summed E-state index contributed by atoms with van der Waals surface area (Å²) in [6, 6.07) is 3.66. The third kappa shape index (κ3) is 3.94. The molecular formula is C9H10BrNO2. The van der Waals surface area contributed by atoms with Crippen molar-refractivity contribution in [1.82, 2.24) is 5.32 Å². The molecule has 1 aromatic rings. The SMILES string of the molecule is CC(=O)NCC=Cc1ccc(Br)o1. The van der Waals surface area contributed by atoms with Crippen LogP contribution in [0.25, 0.3) is 6.08 Å². The molecule has 1 N–H and O–H groups in total. The molecule has 0 aliphatic heterocycles. The first kappa shape index (κ1) is 10.1. The van der Waals surface area contributed by atoms with Crippen LogP contribution in [-0.2, 0) is 4.79 Å². The summed E-state index contributed by atoms with van der Waals surface area (Å²) < 4.78 is 5.91. The topological polar surface area (TPSA) is 42.2 Å². The monoisotopic (exact) mass is 243 g/mol. The van der Waals surface area contributed by atoms with Gasteiger partial charge in [-0.25, -0.2) is 0 Å². The minimum absolute atomic E-state index is 0.0368. The summed E-state index contributed by atoms with van der Waals surface area (Å²) in [4.78, 5) is 10.5. The lowest BCUT2D eigenvalue weighted by molar-refractivity contribution is -0.118. The van der Waals surface area contributed by atoms with Crippen molar-refractivity contribution in [2.24, 2.45) is 0 Å². The van der Waals surface area contributed by atoms with Crippen molar-refractivity contribution in [3.8, 4) is 0 Å². The van der Waals surface area contributed by atoms with Crippen molar-refractivity contribution in [3.63, 3.8) is 0 Å². The van der Waals surface area contributed by atoms with Crippen LogP contribution in [0.4, 0.5) is 0 Å². The quantitative estimate of drug-likeness (QED) is 0.885. The van der Waals surface area contributed by atoms with Crippen LogP contribution in [-0.4, -0.2) is 12.5 Å². The Kier molecular flexibility index (Phi) is 3.76. The van der Waals surface area contributed by atoms with E-state index >= 15 is 0 Å². The van der Waals surface area contributed by atoms with Crippen molar-refractivity contribution in [2.75, 3.05) is 6.54 Å². The first-order valence-electron chi connectivity index (χ1n) is 3.85. The van der Waals surface area contributed by atoms with E-state index in [2.05, 4.69) is 21.2 Å². The Balaban J connectivity index is 2.36. The average molecular weight is 244 g/mol. The zero-order valence-electron chi connectivity index (χ0n) is 7.21. The van der Waals surface area contributed by atoms with Crippen LogP contribution < -0.4 is 5.32 Å². The fraction of sp³-hybridized carbons (Fsp3) is 0.222. The van der Waals surface area contributed by atoms with Crippen LogP contribution in [0.3, 0.4) is 0 Å². The maximum absolute atomic E-state index is 10.5. The molecule has 1 amide bonds. The number of nitrogens with one attached hydrogen (secondary N) is 1. The molecule has 0 aliphatic rings. The van der Waals surface area contributed by atoms with Gasteiger partial charge < -0.3 is 9.73 Å². The van der Waals surface area contributed by atoms with E-state index in [0.29, 0.717) is 11.2 Å². The zero-order valence-corrected chi connectivity index (χ0v) is 8.80. The van der Waals surface area contributed by atoms with Gasteiger partial charge in [-0.05, 0) is 34.1 Å². The van der Waals surface area contributed by atoms with Gasteiger partial charge >= 0.3 is 0 Å². The molecule has 0 saturated carbocycles. The minimum atomic E-state index is -0.0368. The van der Waals surface area contributed by atoms with Crippen LogP contribution in [0.2, 0.25) is 0 Å². The van der Waals surface area contributed by atoms with Gasteiger partial charge in [0.15, 0.2) is 4.67 Å². The normalized spacial score (nSPS) is 10.6. The van der Waals surface area contributed by atoms with E-state index in [4.69, 9.17) is 4.42 Å². The average Bonchev–Trinajstić information content (AvgIpc) is 2.45. The highest BCUT2D eigenvalue weighted by Crippen LogP contribution is 2.14. The largest absolute Gasteiger partial charge is 0.450 e. The summed E-state index contributed by atoms with van der Waals surface area (Å²) in [5.41, 5.74) is 0. The van der Waals surface area contributed by atoms with E-state index in [-0.39, 0.29) is 5.91 Å². The van der Waals surface area contributed by atoms with Gasteiger partial charge in [0.2, 0.25) is 5.91 Å². The Morgan fingerprint density at radius 3 is 3.00 bits per heavy atom. The number of rotatable bonds is 3. The molecule has 4 heteroatoms. The van der Waals surface area contributed by atoms with Crippen molar-refractivity contribution in [2.45, 2.75) is 6.92 Å². The van der Waals surface area contributed by atoms with E-state index in [9.17, 15) is 4.79 Å². The van der Waals surface area contributed by atoms with Crippen LogP contribution >= 0.6 is 15.9 Å². The summed E-state index contributed by atoms with van der Waals surface area (Å²) in [6.45, 7) is 2.00. The molecule has 3 nitrogen and oxygen atoms in total. The van der Waals surface area contributed by atoms with E-state index in [1.807, 2.05) is 18.2 Å². The Hall–Kier alpha value is -1.03. The lowest BCUT2D eigenvalue weighted by Gasteiger charge is -1.93. The second-order valence-electron chi connectivity index (χ2n) is 2.48. The van der Waals surface area contributed by atoms with Gasteiger partial charge in [0.1, 0.15) is 5.76 Å². The highest BCUT2D eigenvalue weighted by Gasteiger charge is 1.93. The Morgan fingerprint density at radius 2 is 2.46 bits per heavy atom. The molecule has 0 unspecified atom stereocenters. The molecule has 0 atom stereocenters. The Bertz CT molecular complexity index is 317. The predicted octanol–water partition coefficient (Wildman–Crippen LogP) is 2.19. The Morgan fingerprint density at radius 1 is 1.69 bits per heavy atom. The summed E-state index contributed by atoms with van der Waals surface area (Å²) >= 11 is 3.19. The summed E-state index contributed by atoms with van der Waals surface area (Å²) in [5.74, 6) is 0.725. The highest BCUT2D eigenvalue weighted by molar-refractivity contribution is 9.10. The molecule has 1 heterocycles. The first-order chi connectivity index (χ1) is 6.18. The minimum Gasteiger partial charge on any atom is -0.450 e. The van der Waals surface area contributed by atoms with E-state index < -0.39 is 0 Å². The summed E-state index contributed by atoms with van der Waals surface area (Å²) in [6.07, 6.45) is 3.63. The van der Waals surface area contributed by atoms with E-state index in [0.717, 1.165) is 5.76 Å². The standard InChI is InChI=1S/C9H10BrNO2/c1-7(12)11-6-2-3-8-4-5-9(10)13-8/h2-5H,6H2,1H3,(H,11,12). The molecule has 0 saturated heterocycles. The van der Waals surface area contributed by atoms with Crippen molar-refractivity contribution in [3.05, 3.63) is 28.6 Å². The number of furan rings is 1. The highest BCUT2D eigenvalue weighted by atomic mass is 79.9. The van der Waals surface area contributed by atoms with Gasteiger partial charge in [0, 0.05) is 13.5 Å². The fourth-order valence-corrected chi connectivity index (χ4v) is 1.11. The number of hydrogen-bond donors (Lipinski definition) is 1. The van der Waals surface area contributed by atoms with Gasteiger partial charge in [-0.2, -0.15) is 0 Å². The summed E-state index contributed by atoms with van der Waals surface area (Å²) in [7, 11) is 0. The molecular weight excluding hydrogens is 234 g/mol. The molecule has 13 heavy (non-hydrogen) atoms. The predicted molar refractivity (Wildman–Crippen MR) is 54.1 cm³/mol. The van der Waals surface area contributed by atoms with Gasteiger partial charge in [-0.1, -0.05) is 6.08 Å². The molecule has 70 valence electrons. The molecule has 1 rings (SSSR count). The van der Waals surface area contributed by atoms with Crippen LogP contribution in [0, 0.1) is 0 Å². The van der Waals surface area contributed by atoms with E-state index in [1.165, 1.54) is 6.92 Å². The Labute approximate surface area is 84.9 Å². The lowest BCUT2D eigenvalue weighted by atomic mass is 10.4. The van der Waals surface area contributed by atoms with Crippen LogP contribution in [0.15, 0.2) is 27.3 Å². The molecule has 0 aliphatic carbocycles. The third-order valence-electron chi connectivity index (χ3n) is 1.34. The van der Waals surface area contributed by atoms with Crippen molar-refractivity contribution < 1.29 is 9.21 Å². The number of carbonyl (C=O) groups excluding carboxylic acids is 1. The number of carbonyl (C=O) groups is 1. The van der Waals surface area contributed by atoms with Gasteiger partial charge in [-0.15, -0.1) is 0 Å². The molecule has 0 spiro atoms. The maximum atomic E-state index is 10.5. The van der Waals surface area contributed by atoms with Crippen molar-refractivity contribution >= 4 is 27.9 Å². The summed E-state index contributed by atoms with van der Waals surface area (Å²) in [5, 5.41) is 2.64. The van der Waals surface area contributed by atoms with Gasteiger partial charge in [-0.3, -0.25) is 4.79 Å². The molecule has 0 fully saturated rings. The molecule has 0 bridgehead atoms. The second kappa shape index (κ2) is 4.87. The van der Waals surface area contributed by atoms with Crippen LogP contribution in [0.1, 0.15) is 12.7 Å². The number of amides is 1. The smallest absolute Gasteiger partial charge is 0.217 e. The van der Waals surface area contributed by atoms with Gasteiger partial charge in [0.05, 0.1) is 0 Å². The zero-order chi connectivity index (χ0) is 9.68. The van der Waals surface area contributed by atoms with E-state index in [1.54, 1.807) is 6.08 Å². The number of hydrogen-bond acceptors (Lipinski definition) is 2. The molecule has 0 radical (unpaired) electrons. The van der Waals surface area contributed by atoms with Gasteiger partial charge in [0.25, 0.3) is 0 Å². The lowest BCUT2D eigenvalue weighted by Crippen LogP contribution is -2.19. The molecule has 1 aromatic heterocycles. The number of halogens is 1. The van der Waals surface area contributed by atoms with Crippen LogP contribution in [0.5, 0.6) is 0 Å². The van der Waals surface area contributed by atoms with Crippen molar-refractivity contribution in [1.29, 1.82) is 0 Å². The first-order valence-corrected chi connectivity index (χ1v) is 4.64.